The van der Waals surface area contributed by atoms with E-state index in [1.165, 1.54) is 0 Å². The molecule has 3 heteroatoms. The van der Waals surface area contributed by atoms with Crippen molar-refractivity contribution in [1.82, 2.24) is 0 Å². The molecule has 0 atom stereocenters. The van der Waals surface area contributed by atoms with E-state index >= 15 is 0 Å². The first kappa shape index (κ1) is 9.51. The summed E-state index contributed by atoms with van der Waals surface area (Å²) in [6.45, 7) is 1.91. The lowest BCUT2D eigenvalue weighted by atomic mass is 10.1. The van der Waals surface area contributed by atoms with Crippen molar-refractivity contribution in [1.29, 1.82) is 0 Å². The topological polar surface area (TPSA) is 26.3 Å². The number of rotatable bonds is 2. The van der Waals surface area contributed by atoms with Gasteiger partial charge in [-0.05, 0) is 24.6 Å². The summed E-state index contributed by atoms with van der Waals surface area (Å²) in [6.07, 6.45) is 0. The Morgan fingerprint density at radius 1 is 1.50 bits per heavy atom. The molecule has 1 aromatic carbocycles. The minimum Gasteiger partial charge on any atom is -0.497 e. The lowest BCUT2D eigenvalue weighted by Gasteiger charge is -2.03. The van der Waals surface area contributed by atoms with Crippen molar-refractivity contribution in [2.45, 2.75) is 6.92 Å². The normalized spacial score (nSPS) is 9.58. The lowest BCUT2D eigenvalue weighted by Crippen LogP contribution is -1.93. The third-order valence-corrected chi connectivity index (χ3v) is 2.24. The van der Waals surface area contributed by atoms with Crippen LogP contribution in [0.4, 0.5) is 0 Å². The Morgan fingerprint density at radius 2 is 2.17 bits per heavy atom. The molecular formula is C9H9IO2. The number of carbonyl (C=O) groups is 1. The van der Waals surface area contributed by atoms with E-state index in [1.54, 1.807) is 35.8 Å². The van der Waals surface area contributed by atoms with Crippen molar-refractivity contribution in [3.05, 3.63) is 29.3 Å². The van der Waals surface area contributed by atoms with Crippen LogP contribution < -0.4 is 4.74 Å². The highest BCUT2D eigenvalue weighted by Gasteiger charge is 2.05. The number of hydrogen-bond donors (Lipinski definition) is 0. The second-order valence-electron chi connectivity index (χ2n) is 2.45. The fourth-order valence-electron chi connectivity index (χ4n) is 0.940. The molecule has 1 rings (SSSR count). The quantitative estimate of drug-likeness (QED) is 0.613. The molecule has 0 saturated carbocycles. The third-order valence-electron chi connectivity index (χ3n) is 1.66. The largest absolute Gasteiger partial charge is 0.497 e. The molecule has 64 valence electrons. The van der Waals surface area contributed by atoms with Crippen LogP contribution in [0.25, 0.3) is 0 Å². The highest BCUT2D eigenvalue weighted by molar-refractivity contribution is 14.1. The Morgan fingerprint density at radius 3 is 2.67 bits per heavy atom. The number of methoxy groups -OCH3 is 1. The van der Waals surface area contributed by atoms with Crippen LogP contribution in [0.2, 0.25) is 0 Å². The molecule has 0 amide bonds. The summed E-state index contributed by atoms with van der Waals surface area (Å²) in [5.41, 5.74) is 1.70. The first-order valence-corrected chi connectivity index (χ1v) is 4.57. The number of carbonyl (C=O) groups excluding carboxylic acids is 1. The average molecular weight is 276 g/mol. The minimum atomic E-state index is 0.0454. The number of aryl methyl sites for hydroxylation is 1. The maximum absolute atomic E-state index is 11.1. The second kappa shape index (κ2) is 3.89. The van der Waals surface area contributed by atoms with Gasteiger partial charge in [-0.1, -0.05) is 6.07 Å². The van der Waals surface area contributed by atoms with Crippen molar-refractivity contribution in [3.8, 4) is 5.75 Å². The summed E-state index contributed by atoms with van der Waals surface area (Å²) in [4.78, 5) is 11.1. The van der Waals surface area contributed by atoms with Crippen molar-refractivity contribution in [2.75, 3.05) is 7.11 Å². The standard InChI is InChI=1S/C9H9IO2/c1-6-3-4-7(12-2)5-8(6)9(10)11/h3-5H,1-2H3. The average Bonchev–Trinajstić information content (AvgIpc) is 2.05. The molecule has 0 unspecified atom stereocenters. The summed E-state index contributed by atoms with van der Waals surface area (Å²) < 4.78 is 5.05. The van der Waals surface area contributed by atoms with E-state index in [1.807, 2.05) is 19.1 Å². The molecular weight excluding hydrogens is 267 g/mol. The number of halogens is 1. The van der Waals surface area contributed by atoms with Crippen molar-refractivity contribution >= 4 is 26.4 Å². The highest BCUT2D eigenvalue weighted by Crippen LogP contribution is 2.19. The molecule has 0 saturated heterocycles. The zero-order chi connectivity index (χ0) is 9.14. The Labute approximate surface area is 85.1 Å². The molecule has 0 bridgehead atoms. The number of benzene rings is 1. The van der Waals surface area contributed by atoms with Crippen LogP contribution in [-0.2, 0) is 0 Å². The summed E-state index contributed by atoms with van der Waals surface area (Å²) in [6, 6.07) is 5.48. The van der Waals surface area contributed by atoms with Gasteiger partial charge in [-0.25, -0.2) is 0 Å². The molecule has 0 aliphatic rings. The summed E-state index contributed by atoms with van der Waals surface area (Å²) >= 11 is 1.77. The van der Waals surface area contributed by atoms with Gasteiger partial charge in [-0.3, -0.25) is 4.79 Å². The van der Waals surface area contributed by atoms with Gasteiger partial charge in [-0.2, -0.15) is 0 Å². The maximum atomic E-state index is 11.1. The first-order chi connectivity index (χ1) is 5.65. The van der Waals surface area contributed by atoms with Crippen LogP contribution in [0, 0.1) is 6.92 Å². The first-order valence-electron chi connectivity index (χ1n) is 3.49. The lowest BCUT2D eigenvalue weighted by molar-refractivity contribution is 0.110. The zero-order valence-electron chi connectivity index (χ0n) is 6.93. The smallest absolute Gasteiger partial charge is 0.222 e. The van der Waals surface area contributed by atoms with Gasteiger partial charge in [0.1, 0.15) is 5.75 Å². The zero-order valence-corrected chi connectivity index (χ0v) is 9.08. The predicted molar refractivity (Wildman–Crippen MR) is 56.1 cm³/mol. The van der Waals surface area contributed by atoms with Crippen molar-refractivity contribution < 1.29 is 9.53 Å². The van der Waals surface area contributed by atoms with Gasteiger partial charge in [-0.15, -0.1) is 0 Å². The van der Waals surface area contributed by atoms with Crippen LogP contribution in [0.3, 0.4) is 0 Å². The molecule has 0 aromatic heterocycles. The predicted octanol–water partition coefficient (Wildman–Crippen LogP) is 2.58. The van der Waals surface area contributed by atoms with Crippen LogP contribution in [0.5, 0.6) is 5.75 Å². The molecule has 0 N–H and O–H groups in total. The maximum Gasteiger partial charge on any atom is 0.222 e. The Kier molecular flexibility index (Phi) is 3.08. The van der Waals surface area contributed by atoms with Crippen LogP contribution in [0.1, 0.15) is 15.9 Å². The fraction of sp³-hybridized carbons (Fsp3) is 0.222. The number of hydrogen-bond acceptors (Lipinski definition) is 2. The van der Waals surface area contributed by atoms with Crippen molar-refractivity contribution in [2.24, 2.45) is 0 Å². The molecule has 0 aliphatic heterocycles. The van der Waals surface area contributed by atoms with Crippen LogP contribution >= 0.6 is 22.6 Å². The van der Waals surface area contributed by atoms with E-state index in [2.05, 4.69) is 0 Å². The van der Waals surface area contributed by atoms with Gasteiger partial charge in [0, 0.05) is 28.2 Å². The molecule has 2 nitrogen and oxygen atoms in total. The molecule has 1 aromatic rings. The second-order valence-corrected chi connectivity index (χ2v) is 3.43. The molecule has 12 heavy (non-hydrogen) atoms. The molecule has 0 spiro atoms. The SMILES string of the molecule is COc1ccc(C)c(C(=O)I)c1. The van der Waals surface area contributed by atoms with Gasteiger partial charge in [0.05, 0.1) is 7.11 Å². The van der Waals surface area contributed by atoms with Gasteiger partial charge >= 0.3 is 0 Å². The van der Waals surface area contributed by atoms with E-state index in [4.69, 9.17) is 4.74 Å². The summed E-state index contributed by atoms with van der Waals surface area (Å²) in [5.74, 6) is 0.723. The number of ether oxygens (including phenoxy) is 1. The Balaban J connectivity index is 3.17. The van der Waals surface area contributed by atoms with E-state index < -0.39 is 0 Å². The molecule has 0 radical (unpaired) electrons. The van der Waals surface area contributed by atoms with Gasteiger partial charge in [0.2, 0.25) is 3.79 Å². The monoisotopic (exact) mass is 276 g/mol. The van der Waals surface area contributed by atoms with Gasteiger partial charge in [0.15, 0.2) is 0 Å². The summed E-state index contributed by atoms with van der Waals surface area (Å²) in [5, 5.41) is 0. The Bertz CT molecular complexity index is 307. The fourth-order valence-corrected chi connectivity index (χ4v) is 1.52. The van der Waals surface area contributed by atoms with E-state index in [-0.39, 0.29) is 3.79 Å². The molecule has 0 heterocycles. The van der Waals surface area contributed by atoms with E-state index in [0.717, 1.165) is 16.9 Å². The van der Waals surface area contributed by atoms with E-state index in [0.29, 0.717) is 0 Å². The van der Waals surface area contributed by atoms with E-state index in [9.17, 15) is 4.79 Å². The minimum absolute atomic E-state index is 0.0454. The van der Waals surface area contributed by atoms with Gasteiger partial charge < -0.3 is 4.74 Å². The van der Waals surface area contributed by atoms with Crippen LogP contribution in [-0.4, -0.2) is 10.9 Å². The van der Waals surface area contributed by atoms with Gasteiger partial charge in [0.25, 0.3) is 0 Å². The highest BCUT2D eigenvalue weighted by atomic mass is 127. The molecule has 0 aliphatic carbocycles. The third kappa shape index (κ3) is 1.97. The Hall–Kier alpha value is -0.580. The van der Waals surface area contributed by atoms with Crippen molar-refractivity contribution in [3.63, 3.8) is 0 Å². The summed E-state index contributed by atoms with van der Waals surface area (Å²) in [7, 11) is 1.59. The molecule has 0 fully saturated rings. The van der Waals surface area contributed by atoms with Crippen LogP contribution in [0.15, 0.2) is 18.2 Å².